The summed E-state index contributed by atoms with van der Waals surface area (Å²) in [4.78, 5) is 7.97. The highest BCUT2D eigenvalue weighted by atomic mass is 35.5. The van der Waals surface area contributed by atoms with Crippen molar-refractivity contribution in [2.75, 3.05) is 18.5 Å². The molecule has 2 aromatic heterocycles. The van der Waals surface area contributed by atoms with E-state index < -0.39 is 0 Å². The highest BCUT2D eigenvalue weighted by Crippen LogP contribution is 2.19. The first-order valence-electron chi connectivity index (χ1n) is 5.63. The lowest BCUT2D eigenvalue weighted by Gasteiger charge is -2.08. The molecule has 0 fully saturated rings. The lowest BCUT2D eigenvalue weighted by molar-refractivity contribution is 0.320. The summed E-state index contributed by atoms with van der Waals surface area (Å²) in [6.07, 6.45) is 3.23. The zero-order valence-electron chi connectivity index (χ0n) is 10.0. The number of halogens is 1. The number of hydrogen-bond acceptors (Lipinski definition) is 5. The van der Waals surface area contributed by atoms with Crippen molar-refractivity contribution in [2.24, 2.45) is 0 Å². The predicted molar refractivity (Wildman–Crippen MR) is 72.2 cm³/mol. The van der Waals surface area contributed by atoms with Crippen LogP contribution in [0.3, 0.4) is 0 Å². The van der Waals surface area contributed by atoms with Crippen LogP contribution in [0.25, 0.3) is 0 Å². The quantitative estimate of drug-likeness (QED) is 0.848. The Hall–Kier alpha value is -2.32. The highest BCUT2D eigenvalue weighted by Gasteiger charge is 2.01. The fraction of sp³-hybridized carbons (Fsp3) is 0.154. The summed E-state index contributed by atoms with van der Waals surface area (Å²) in [5, 5.41) is 12.2. The zero-order chi connectivity index (χ0) is 13.5. The van der Waals surface area contributed by atoms with Crippen molar-refractivity contribution in [3.05, 3.63) is 47.4 Å². The number of aromatic nitrogens is 2. The van der Waals surface area contributed by atoms with Crippen LogP contribution < -0.4 is 10.1 Å². The van der Waals surface area contributed by atoms with Crippen LogP contribution in [0.5, 0.6) is 5.88 Å². The molecular weight excluding hydrogens is 264 g/mol. The summed E-state index contributed by atoms with van der Waals surface area (Å²) in [7, 11) is 0. The van der Waals surface area contributed by atoms with Crippen LogP contribution in [0.2, 0.25) is 5.02 Å². The Morgan fingerprint density at radius 3 is 2.89 bits per heavy atom. The Bertz CT molecular complexity index is 580. The van der Waals surface area contributed by atoms with Gasteiger partial charge >= 0.3 is 0 Å². The highest BCUT2D eigenvalue weighted by molar-refractivity contribution is 6.31. The minimum atomic E-state index is 0.391. The topological polar surface area (TPSA) is 70.8 Å². The van der Waals surface area contributed by atoms with Gasteiger partial charge < -0.3 is 10.1 Å². The molecule has 0 unspecified atom stereocenters. The van der Waals surface area contributed by atoms with E-state index in [1.807, 2.05) is 6.07 Å². The summed E-state index contributed by atoms with van der Waals surface area (Å²) in [5.41, 5.74) is 1.22. The van der Waals surface area contributed by atoms with Gasteiger partial charge in [-0.05, 0) is 24.3 Å². The maximum absolute atomic E-state index is 8.62. The van der Waals surface area contributed by atoms with E-state index in [1.54, 1.807) is 36.7 Å². The number of nitrogens with one attached hydrogen (secondary N) is 1. The van der Waals surface area contributed by atoms with Gasteiger partial charge in [0, 0.05) is 12.7 Å². The normalized spacial score (nSPS) is 9.68. The molecule has 0 saturated carbocycles. The number of nitrogens with zero attached hydrogens (tertiary/aromatic N) is 3. The van der Waals surface area contributed by atoms with Crippen molar-refractivity contribution in [3.63, 3.8) is 0 Å². The fourth-order valence-electron chi connectivity index (χ4n) is 1.39. The average molecular weight is 275 g/mol. The molecule has 2 rings (SSSR count). The van der Waals surface area contributed by atoms with Gasteiger partial charge in [0.05, 0.1) is 11.9 Å². The molecule has 1 N–H and O–H groups in total. The first-order chi connectivity index (χ1) is 9.29. The van der Waals surface area contributed by atoms with E-state index in [4.69, 9.17) is 21.6 Å². The molecule has 6 heteroatoms. The van der Waals surface area contributed by atoms with Gasteiger partial charge in [0.1, 0.15) is 23.4 Å². The second-order valence-corrected chi connectivity index (χ2v) is 4.02. The number of ether oxygens (including phenoxy) is 1. The van der Waals surface area contributed by atoms with Crippen molar-refractivity contribution >= 4 is 17.3 Å². The largest absolute Gasteiger partial charge is 0.475 e. The Morgan fingerprint density at radius 2 is 2.21 bits per heavy atom. The third kappa shape index (κ3) is 3.83. The lowest BCUT2D eigenvalue weighted by atomic mass is 10.3. The van der Waals surface area contributed by atoms with Gasteiger partial charge in [-0.3, -0.25) is 0 Å². The van der Waals surface area contributed by atoms with Crippen LogP contribution in [0, 0.1) is 11.3 Å². The molecule has 0 saturated heterocycles. The Morgan fingerprint density at radius 1 is 1.32 bits per heavy atom. The second-order valence-electron chi connectivity index (χ2n) is 3.61. The molecule has 0 aliphatic carbocycles. The maximum atomic E-state index is 8.62. The minimum Gasteiger partial charge on any atom is -0.475 e. The van der Waals surface area contributed by atoms with E-state index in [-0.39, 0.29) is 0 Å². The van der Waals surface area contributed by atoms with E-state index in [2.05, 4.69) is 15.3 Å². The third-order valence-electron chi connectivity index (χ3n) is 2.27. The smallest absolute Gasteiger partial charge is 0.232 e. The van der Waals surface area contributed by atoms with Crippen molar-refractivity contribution in [1.82, 2.24) is 9.97 Å². The molecule has 5 nitrogen and oxygen atoms in total. The fourth-order valence-corrected chi connectivity index (χ4v) is 1.56. The lowest BCUT2D eigenvalue weighted by Crippen LogP contribution is -2.12. The molecule has 0 bridgehead atoms. The van der Waals surface area contributed by atoms with Crippen LogP contribution in [-0.4, -0.2) is 23.1 Å². The standard InChI is InChI=1S/C13H11ClN4O/c14-12-2-1-5-17-13(12)19-7-6-16-11-4-3-10(8-15)18-9-11/h1-5,9,16H,6-7H2. The van der Waals surface area contributed by atoms with Crippen molar-refractivity contribution < 1.29 is 4.74 Å². The molecule has 0 aliphatic heterocycles. The van der Waals surface area contributed by atoms with Gasteiger partial charge in [-0.2, -0.15) is 5.26 Å². The van der Waals surface area contributed by atoms with Crippen molar-refractivity contribution in [2.45, 2.75) is 0 Å². The molecule has 2 aromatic rings. The number of nitriles is 1. The molecule has 0 amide bonds. The molecular formula is C13H11ClN4O. The number of pyridine rings is 2. The Balaban J connectivity index is 1.78. The van der Waals surface area contributed by atoms with Crippen LogP contribution in [-0.2, 0) is 0 Å². The molecule has 0 radical (unpaired) electrons. The van der Waals surface area contributed by atoms with Crippen molar-refractivity contribution in [1.29, 1.82) is 5.26 Å². The minimum absolute atomic E-state index is 0.391. The van der Waals surface area contributed by atoms with E-state index >= 15 is 0 Å². The second kappa shape index (κ2) is 6.57. The molecule has 19 heavy (non-hydrogen) atoms. The van der Waals surface area contributed by atoms with Crippen LogP contribution >= 0.6 is 11.6 Å². The van der Waals surface area contributed by atoms with Crippen LogP contribution in [0.1, 0.15) is 5.69 Å². The molecule has 2 heterocycles. The van der Waals surface area contributed by atoms with E-state index in [0.29, 0.717) is 29.7 Å². The maximum Gasteiger partial charge on any atom is 0.232 e. The van der Waals surface area contributed by atoms with Gasteiger partial charge in [-0.25, -0.2) is 9.97 Å². The van der Waals surface area contributed by atoms with Crippen LogP contribution in [0.4, 0.5) is 5.69 Å². The SMILES string of the molecule is N#Cc1ccc(NCCOc2ncccc2Cl)cn1. The summed E-state index contributed by atoms with van der Waals surface area (Å²) >= 11 is 5.91. The number of hydrogen-bond donors (Lipinski definition) is 1. The van der Waals surface area contributed by atoms with E-state index in [1.165, 1.54) is 0 Å². The molecule has 0 aromatic carbocycles. The number of rotatable bonds is 5. The van der Waals surface area contributed by atoms with Gasteiger partial charge in [-0.1, -0.05) is 11.6 Å². The Labute approximate surface area is 115 Å². The first-order valence-corrected chi connectivity index (χ1v) is 6.01. The average Bonchev–Trinajstić information content (AvgIpc) is 2.46. The van der Waals surface area contributed by atoms with Crippen molar-refractivity contribution in [3.8, 4) is 11.9 Å². The van der Waals surface area contributed by atoms with Gasteiger partial charge in [0.2, 0.25) is 5.88 Å². The summed E-state index contributed by atoms with van der Waals surface area (Å²) in [5.74, 6) is 0.420. The summed E-state index contributed by atoms with van der Waals surface area (Å²) < 4.78 is 5.43. The van der Waals surface area contributed by atoms with Gasteiger partial charge in [0.25, 0.3) is 0 Å². The number of anilines is 1. The van der Waals surface area contributed by atoms with E-state index in [0.717, 1.165) is 5.69 Å². The zero-order valence-corrected chi connectivity index (χ0v) is 10.8. The molecule has 0 spiro atoms. The van der Waals surface area contributed by atoms with E-state index in [9.17, 15) is 0 Å². The van der Waals surface area contributed by atoms with Gasteiger partial charge in [0.15, 0.2) is 0 Å². The molecule has 0 aliphatic rings. The summed E-state index contributed by atoms with van der Waals surface area (Å²) in [6, 6.07) is 8.88. The summed E-state index contributed by atoms with van der Waals surface area (Å²) in [6.45, 7) is 1.01. The third-order valence-corrected chi connectivity index (χ3v) is 2.56. The van der Waals surface area contributed by atoms with Gasteiger partial charge in [-0.15, -0.1) is 0 Å². The first kappa shape index (κ1) is 13.1. The monoisotopic (exact) mass is 274 g/mol. The predicted octanol–water partition coefficient (Wildman–Crippen LogP) is 2.49. The molecule has 0 atom stereocenters. The van der Waals surface area contributed by atoms with Crippen LogP contribution in [0.15, 0.2) is 36.7 Å². The Kier molecular flexibility index (Phi) is 4.54. The molecule has 96 valence electrons.